The Kier molecular flexibility index (Phi) is 4.89. The highest BCUT2D eigenvalue weighted by molar-refractivity contribution is 5.99. The molecule has 1 saturated heterocycles. The van der Waals surface area contributed by atoms with E-state index in [2.05, 4.69) is 21.4 Å². The fraction of sp³-hybridized carbons (Fsp3) is 0.444. The highest BCUT2D eigenvalue weighted by atomic mass is 19.1. The summed E-state index contributed by atoms with van der Waals surface area (Å²) in [6.07, 6.45) is 3.93. The second kappa shape index (κ2) is 7.74. The molecule has 188 valence electrons. The van der Waals surface area contributed by atoms with Gasteiger partial charge in [0.1, 0.15) is 17.6 Å². The molecule has 0 spiro atoms. The van der Waals surface area contributed by atoms with Crippen molar-refractivity contribution in [2.24, 2.45) is 5.41 Å². The molecule has 2 bridgehead atoms. The van der Waals surface area contributed by atoms with Gasteiger partial charge in [0, 0.05) is 11.6 Å². The van der Waals surface area contributed by atoms with Crippen LogP contribution in [0.2, 0.25) is 0 Å². The van der Waals surface area contributed by atoms with Crippen LogP contribution in [0.4, 0.5) is 10.3 Å². The largest absolute Gasteiger partial charge is 0.438 e. The standard InChI is InChI=1S/C27H25FN6O3/c1-15-7-17(5-4-6-29)8-16(2)21(15)37-22-19-20(23(35)34-9-18(28)10-36-25(19,34)3)31-24(32-22)33-27-11-26(12-27,13-27)14-30/h4-5,7-8,18H,9-13H2,1-3H3,(H,31,32,33)/b5-4+/t18-,25?,26?,27?/m0/s1. The number of allylic oxidation sites excluding steroid dienone is 1. The monoisotopic (exact) mass is 500 g/mol. The molecule has 1 unspecified atom stereocenters. The van der Waals surface area contributed by atoms with E-state index in [1.54, 1.807) is 13.0 Å². The van der Waals surface area contributed by atoms with Gasteiger partial charge in [-0.1, -0.05) is 0 Å². The molecule has 3 aliphatic carbocycles. The van der Waals surface area contributed by atoms with E-state index in [0.717, 1.165) is 16.7 Å². The lowest BCUT2D eigenvalue weighted by atomic mass is 9.40. The molecule has 0 radical (unpaired) electrons. The number of nitrogens with zero attached hydrogens (tertiary/aromatic N) is 5. The molecule has 3 saturated carbocycles. The molecule has 3 heterocycles. The van der Waals surface area contributed by atoms with Gasteiger partial charge in [0.2, 0.25) is 11.8 Å². The average Bonchev–Trinajstić information content (AvgIpc) is 3.03. The van der Waals surface area contributed by atoms with Gasteiger partial charge in [0.25, 0.3) is 5.91 Å². The van der Waals surface area contributed by atoms with Crippen molar-refractivity contribution >= 4 is 17.9 Å². The quantitative estimate of drug-likeness (QED) is 0.604. The third kappa shape index (κ3) is 3.40. The van der Waals surface area contributed by atoms with Crippen molar-refractivity contribution in [2.75, 3.05) is 18.5 Å². The average molecular weight is 501 g/mol. The Labute approximate surface area is 213 Å². The Morgan fingerprint density at radius 2 is 1.95 bits per heavy atom. The molecule has 2 atom stereocenters. The van der Waals surface area contributed by atoms with E-state index in [4.69, 9.17) is 14.7 Å². The number of nitriles is 2. The lowest BCUT2D eigenvalue weighted by molar-refractivity contribution is -0.176. The Hall–Kier alpha value is -4.02. The van der Waals surface area contributed by atoms with Crippen molar-refractivity contribution in [3.8, 4) is 23.8 Å². The zero-order valence-electron chi connectivity index (χ0n) is 20.8. The van der Waals surface area contributed by atoms with Gasteiger partial charge in [0.05, 0.1) is 36.3 Å². The van der Waals surface area contributed by atoms with E-state index in [0.29, 0.717) is 30.6 Å². The molecular formula is C27H25FN6O3. The molecule has 1 amide bonds. The minimum atomic E-state index is -1.30. The van der Waals surface area contributed by atoms with Gasteiger partial charge < -0.3 is 19.7 Å². The number of benzene rings is 1. The number of nitrogens with one attached hydrogen (secondary N) is 1. The summed E-state index contributed by atoms with van der Waals surface area (Å²) in [5.41, 5.74) is 1.17. The van der Waals surface area contributed by atoms with Crippen molar-refractivity contribution in [1.82, 2.24) is 14.9 Å². The van der Waals surface area contributed by atoms with E-state index >= 15 is 0 Å². The number of aryl methyl sites for hydroxylation is 2. The van der Waals surface area contributed by atoms with Gasteiger partial charge in [-0.3, -0.25) is 4.79 Å². The number of rotatable bonds is 5. The summed E-state index contributed by atoms with van der Waals surface area (Å²) in [6.45, 7) is 5.22. The Morgan fingerprint density at radius 1 is 1.24 bits per heavy atom. The first-order chi connectivity index (χ1) is 17.6. The number of amides is 1. The SMILES string of the molecule is Cc1cc(/C=C/C#N)cc(C)c1Oc1nc(NC23CC(C#N)(C2)C3)nc2c1C1(C)OC[C@@H](F)CN1C2=O. The first-order valence-electron chi connectivity index (χ1n) is 12.2. The Bertz CT molecular complexity index is 1430. The zero-order chi connectivity index (χ0) is 26.2. The van der Waals surface area contributed by atoms with Crippen LogP contribution in [0.5, 0.6) is 11.6 Å². The van der Waals surface area contributed by atoms with Crippen molar-refractivity contribution in [1.29, 1.82) is 10.5 Å². The Morgan fingerprint density at radius 3 is 2.59 bits per heavy atom. The van der Waals surface area contributed by atoms with Gasteiger partial charge in [-0.2, -0.15) is 15.5 Å². The van der Waals surface area contributed by atoms with E-state index < -0.39 is 17.8 Å². The number of carbonyl (C=O) groups excluding carboxylic acids is 1. The number of anilines is 1. The molecule has 4 fully saturated rings. The van der Waals surface area contributed by atoms with Crippen LogP contribution in [-0.2, 0) is 10.5 Å². The normalized spacial score (nSPS) is 31.0. The zero-order valence-corrected chi connectivity index (χ0v) is 20.8. The van der Waals surface area contributed by atoms with Crippen LogP contribution in [0.15, 0.2) is 18.2 Å². The molecule has 9 nitrogen and oxygen atoms in total. The topological polar surface area (TPSA) is 124 Å². The van der Waals surface area contributed by atoms with Gasteiger partial charge in [-0.25, -0.2) is 9.37 Å². The molecule has 10 heteroatoms. The molecule has 5 aliphatic rings. The number of fused-ring (bicyclic) bond motifs is 3. The second-order valence-corrected chi connectivity index (χ2v) is 10.8. The van der Waals surface area contributed by atoms with Crippen LogP contribution in [0.25, 0.3) is 6.08 Å². The number of hydrogen-bond donors (Lipinski definition) is 1. The maximum atomic E-state index is 14.2. The molecular weight excluding hydrogens is 475 g/mol. The highest BCUT2D eigenvalue weighted by Crippen LogP contribution is 2.67. The van der Waals surface area contributed by atoms with Crippen molar-refractivity contribution in [3.05, 3.63) is 46.2 Å². The van der Waals surface area contributed by atoms with Crippen molar-refractivity contribution in [2.45, 2.75) is 57.5 Å². The number of hydrogen-bond acceptors (Lipinski definition) is 8. The van der Waals surface area contributed by atoms with Gasteiger partial charge in [0.15, 0.2) is 5.72 Å². The number of aromatic nitrogens is 2. The molecule has 2 aliphatic heterocycles. The number of ether oxygens (including phenoxy) is 2. The molecule has 7 rings (SSSR count). The smallest absolute Gasteiger partial charge is 0.275 e. The summed E-state index contributed by atoms with van der Waals surface area (Å²) in [5.74, 6) is 0.518. The van der Waals surface area contributed by atoms with Crippen LogP contribution in [-0.4, -0.2) is 45.6 Å². The molecule has 1 aromatic heterocycles. The minimum Gasteiger partial charge on any atom is -0.438 e. The molecule has 2 aromatic rings. The molecule has 1 aromatic carbocycles. The predicted molar refractivity (Wildman–Crippen MR) is 130 cm³/mol. The fourth-order valence-electron chi connectivity index (χ4n) is 6.26. The first kappa shape index (κ1) is 23.4. The number of carbonyl (C=O) groups is 1. The molecule has 37 heavy (non-hydrogen) atoms. The van der Waals surface area contributed by atoms with Gasteiger partial charge in [-0.15, -0.1) is 0 Å². The summed E-state index contributed by atoms with van der Waals surface area (Å²) in [7, 11) is 0. The van der Waals surface area contributed by atoms with Crippen LogP contribution < -0.4 is 10.1 Å². The summed E-state index contributed by atoms with van der Waals surface area (Å²) in [4.78, 5) is 24.0. The summed E-state index contributed by atoms with van der Waals surface area (Å²) in [6, 6.07) is 8.15. The summed E-state index contributed by atoms with van der Waals surface area (Å²) >= 11 is 0. The maximum Gasteiger partial charge on any atom is 0.275 e. The first-order valence-corrected chi connectivity index (χ1v) is 12.2. The van der Waals surface area contributed by atoms with Crippen LogP contribution in [0, 0.1) is 41.9 Å². The minimum absolute atomic E-state index is 0.111. The van der Waals surface area contributed by atoms with Crippen molar-refractivity contribution < 1.29 is 18.7 Å². The van der Waals surface area contributed by atoms with E-state index in [9.17, 15) is 14.4 Å². The van der Waals surface area contributed by atoms with Crippen LogP contribution >= 0.6 is 0 Å². The second-order valence-electron chi connectivity index (χ2n) is 10.8. The lowest BCUT2D eigenvalue weighted by Gasteiger charge is -2.66. The third-order valence-corrected chi connectivity index (χ3v) is 7.90. The maximum absolute atomic E-state index is 14.2. The van der Waals surface area contributed by atoms with Gasteiger partial charge >= 0.3 is 0 Å². The van der Waals surface area contributed by atoms with E-state index in [-0.39, 0.29) is 41.6 Å². The third-order valence-electron chi connectivity index (χ3n) is 7.90. The highest BCUT2D eigenvalue weighted by Gasteiger charge is 2.69. The molecule has 1 N–H and O–H groups in total. The lowest BCUT2D eigenvalue weighted by Crippen LogP contribution is -2.70. The van der Waals surface area contributed by atoms with Gasteiger partial charge in [-0.05, 0) is 74.9 Å². The van der Waals surface area contributed by atoms with E-state index in [1.165, 1.54) is 11.0 Å². The fourth-order valence-corrected chi connectivity index (χ4v) is 6.26. The number of alkyl halides is 1. The predicted octanol–water partition coefficient (Wildman–Crippen LogP) is 4.28. The summed E-state index contributed by atoms with van der Waals surface area (Å²) in [5, 5.41) is 21.6. The number of halogens is 1. The van der Waals surface area contributed by atoms with Crippen molar-refractivity contribution in [3.63, 3.8) is 0 Å². The van der Waals surface area contributed by atoms with Crippen LogP contribution in [0.3, 0.4) is 0 Å². The van der Waals surface area contributed by atoms with Crippen LogP contribution in [0.1, 0.15) is 58.9 Å². The Balaban J connectivity index is 1.43. The van der Waals surface area contributed by atoms with E-state index in [1.807, 2.05) is 32.0 Å². The summed E-state index contributed by atoms with van der Waals surface area (Å²) < 4.78 is 26.5.